The normalized spacial score (nSPS) is 18.8. The molecule has 2 aliphatic rings. The Morgan fingerprint density at radius 3 is 2.20 bits per heavy atom. The molecule has 0 aliphatic heterocycles. The highest BCUT2D eigenvalue weighted by molar-refractivity contribution is 5.79. The number of benzene rings is 2. The summed E-state index contributed by atoms with van der Waals surface area (Å²) in [5.41, 5.74) is 4.62. The highest BCUT2D eigenvalue weighted by Gasteiger charge is 2.42. The average molecular weight is 408 g/mol. The van der Waals surface area contributed by atoms with Crippen molar-refractivity contribution in [3.05, 3.63) is 59.7 Å². The van der Waals surface area contributed by atoms with Crippen molar-refractivity contribution in [2.45, 2.75) is 18.8 Å². The first kappa shape index (κ1) is 19.9. The molecule has 1 saturated carbocycles. The van der Waals surface area contributed by atoms with Crippen molar-refractivity contribution in [2.24, 2.45) is 11.8 Å². The monoisotopic (exact) mass is 408 g/mol. The first-order chi connectivity index (χ1) is 14.5. The number of carbonyl (C=O) groups excluding carboxylic acids is 2. The average Bonchev–Trinajstić information content (AvgIpc) is 3.47. The maximum absolute atomic E-state index is 12.1. The SMILES string of the molecule is O=C(CCNC(=O)OCC1c2ccccc2-c2ccccc21)NCC1CC1C(=O)O. The zero-order valence-corrected chi connectivity index (χ0v) is 16.5. The molecule has 1 fully saturated rings. The van der Waals surface area contributed by atoms with Gasteiger partial charge in [0, 0.05) is 25.4 Å². The van der Waals surface area contributed by atoms with Crippen molar-refractivity contribution in [1.82, 2.24) is 10.6 Å². The molecular formula is C23H24N2O5. The molecule has 2 unspecified atom stereocenters. The summed E-state index contributed by atoms with van der Waals surface area (Å²) in [5.74, 6) is -1.37. The highest BCUT2D eigenvalue weighted by Crippen LogP contribution is 2.44. The zero-order chi connectivity index (χ0) is 21.1. The maximum atomic E-state index is 12.1. The van der Waals surface area contributed by atoms with Crippen LogP contribution in [0.3, 0.4) is 0 Å². The number of hydrogen-bond acceptors (Lipinski definition) is 4. The summed E-state index contributed by atoms with van der Waals surface area (Å²) in [6, 6.07) is 16.2. The number of ether oxygens (including phenoxy) is 1. The lowest BCUT2D eigenvalue weighted by Crippen LogP contribution is -2.32. The molecule has 0 radical (unpaired) electrons. The van der Waals surface area contributed by atoms with E-state index in [2.05, 4.69) is 34.9 Å². The van der Waals surface area contributed by atoms with Gasteiger partial charge >= 0.3 is 12.1 Å². The molecule has 7 heteroatoms. The van der Waals surface area contributed by atoms with E-state index in [4.69, 9.17) is 9.84 Å². The third-order valence-electron chi connectivity index (χ3n) is 5.77. The minimum absolute atomic E-state index is 0.00725. The molecule has 0 heterocycles. The Bertz CT molecular complexity index is 928. The molecule has 0 aromatic heterocycles. The molecule has 30 heavy (non-hydrogen) atoms. The number of amides is 2. The van der Waals surface area contributed by atoms with Crippen molar-refractivity contribution in [2.75, 3.05) is 19.7 Å². The van der Waals surface area contributed by atoms with Crippen LogP contribution in [-0.2, 0) is 14.3 Å². The smallest absolute Gasteiger partial charge is 0.407 e. The predicted molar refractivity (Wildman–Crippen MR) is 110 cm³/mol. The van der Waals surface area contributed by atoms with Crippen molar-refractivity contribution in [1.29, 1.82) is 0 Å². The zero-order valence-electron chi connectivity index (χ0n) is 16.5. The molecule has 2 atom stereocenters. The van der Waals surface area contributed by atoms with Gasteiger partial charge in [0.05, 0.1) is 5.92 Å². The van der Waals surface area contributed by atoms with Gasteiger partial charge in [-0.15, -0.1) is 0 Å². The van der Waals surface area contributed by atoms with Crippen molar-refractivity contribution < 1.29 is 24.2 Å². The number of carboxylic acid groups (broad SMARTS) is 1. The molecule has 2 aliphatic carbocycles. The Labute approximate surface area is 174 Å². The summed E-state index contributed by atoms with van der Waals surface area (Å²) in [6.45, 7) is 0.751. The van der Waals surface area contributed by atoms with Crippen LogP contribution < -0.4 is 10.6 Å². The van der Waals surface area contributed by atoms with E-state index in [0.29, 0.717) is 13.0 Å². The summed E-state index contributed by atoms with van der Waals surface area (Å²) < 4.78 is 5.42. The molecule has 4 rings (SSSR count). The fourth-order valence-corrected chi connectivity index (χ4v) is 4.04. The third kappa shape index (κ3) is 4.30. The second-order valence-corrected chi connectivity index (χ2v) is 7.75. The molecule has 0 spiro atoms. The van der Waals surface area contributed by atoms with E-state index in [1.807, 2.05) is 24.3 Å². The topological polar surface area (TPSA) is 105 Å². The second kappa shape index (κ2) is 8.57. The Morgan fingerprint density at radius 2 is 1.60 bits per heavy atom. The lowest BCUT2D eigenvalue weighted by atomic mass is 9.98. The maximum Gasteiger partial charge on any atom is 0.407 e. The molecular weight excluding hydrogens is 384 g/mol. The molecule has 2 aromatic carbocycles. The van der Waals surface area contributed by atoms with Gasteiger partial charge in [-0.05, 0) is 34.6 Å². The number of carboxylic acids is 1. The van der Waals surface area contributed by atoms with Gasteiger partial charge in [0.15, 0.2) is 0 Å². The Balaban J connectivity index is 1.20. The van der Waals surface area contributed by atoms with Crippen LogP contribution in [0.4, 0.5) is 4.79 Å². The first-order valence-corrected chi connectivity index (χ1v) is 10.1. The van der Waals surface area contributed by atoms with Crippen LogP contribution in [0.15, 0.2) is 48.5 Å². The summed E-state index contributed by atoms with van der Waals surface area (Å²) in [6.07, 6.45) is 0.167. The van der Waals surface area contributed by atoms with Gasteiger partial charge < -0.3 is 20.5 Å². The Hall–Kier alpha value is -3.35. The number of carbonyl (C=O) groups is 3. The fourth-order valence-electron chi connectivity index (χ4n) is 4.04. The molecule has 0 bridgehead atoms. The van der Waals surface area contributed by atoms with Crippen LogP contribution >= 0.6 is 0 Å². The molecule has 3 N–H and O–H groups in total. The summed E-state index contributed by atoms with van der Waals surface area (Å²) in [7, 11) is 0. The standard InChI is InChI=1S/C23H24N2O5/c26-21(25-12-14-11-19(14)22(27)28)9-10-24-23(29)30-13-20-17-7-3-1-5-15(17)16-6-2-4-8-18(16)20/h1-8,14,19-20H,9-13H2,(H,24,29)(H,25,26)(H,27,28). The van der Waals surface area contributed by atoms with E-state index in [-0.39, 0.29) is 43.2 Å². The van der Waals surface area contributed by atoms with Crippen molar-refractivity contribution in [3.8, 4) is 11.1 Å². The quantitative estimate of drug-likeness (QED) is 0.623. The van der Waals surface area contributed by atoms with Crippen LogP contribution in [-0.4, -0.2) is 42.8 Å². The van der Waals surface area contributed by atoms with E-state index in [1.165, 1.54) is 11.1 Å². The fraction of sp³-hybridized carbons (Fsp3) is 0.348. The minimum atomic E-state index is -0.814. The molecule has 2 amide bonds. The number of fused-ring (bicyclic) bond motifs is 3. The molecule has 7 nitrogen and oxygen atoms in total. The van der Waals surface area contributed by atoms with Crippen LogP contribution in [0.5, 0.6) is 0 Å². The largest absolute Gasteiger partial charge is 0.481 e. The van der Waals surface area contributed by atoms with Gasteiger partial charge in [-0.1, -0.05) is 48.5 Å². The first-order valence-electron chi connectivity index (χ1n) is 10.1. The van der Waals surface area contributed by atoms with Crippen molar-refractivity contribution in [3.63, 3.8) is 0 Å². The van der Waals surface area contributed by atoms with Gasteiger partial charge in [-0.25, -0.2) is 4.79 Å². The number of rotatable bonds is 8. The van der Waals surface area contributed by atoms with Gasteiger partial charge in [0.2, 0.25) is 5.91 Å². The Kier molecular flexibility index (Phi) is 5.70. The van der Waals surface area contributed by atoms with Gasteiger partial charge in [-0.3, -0.25) is 9.59 Å². The van der Waals surface area contributed by atoms with E-state index >= 15 is 0 Å². The predicted octanol–water partition coefficient (Wildman–Crippen LogP) is 2.75. The van der Waals surface area contributed by atoms with Gasteiger partial charge in [0.25, 0.3) is 0 Å². The van der Waals surface area contributed by atoms with E-state index in [1.54, 1.807) is 0 Å². The minimum Gasteiger partial charge on any atom is -0.481 e. The number of aliphatic carboxylic acids is 1. The number of alkyl carbamates (subject to hydrolysis) is 1. The van der Waals surface area contributed by atoms with E-state index in [0.717, 1.165) is 11.1 Å². The molecule has 2 aromatic rings. The number of nitrogens with one attached hydrogen (secondary N) is 2. The van der Waals surface area contributed by atoms with E-state index in [9.17, 15) is 14.4 Å². The lowest BCUT2D eigenvalue weighted by molar-refractivity contribution is -0.139. The van der Waals surface area contributed by atoms with Crippen LogP contribution in [0.1, 0.15) is 29.9 Å². The van der Waals surface area contributed by atoms with Gasteiger partial charge in [-0.2, -0.15) is 0 Å². The summed E-state index contributed by atoms with van der Waals surface area (Å²) in [4.78, 5) is 34.7. The van der Waals surface area contributed by atoms with Crippen LogP contribution in [0, 0.1) is 11.8 Å². The van der Waals surface area contributed by atoms with Crippen LogP contribution in [0.25, 0.3) is 11.1 Å². The molecule has 156 valence electrons. The summed E-state index contributed by atoms with van der Waals surface area (Å²) in [5, 5.41) is 14.2. The van der Waals surface area contributed by atoms with Crippen LogP contribution in [0.2, 0.25) is 0 Å². The van der Waals surface area contributed by atoms with E-state index < -0.39 is 12.1 Å². The Morgan fingerprint density at radius 1 is 0.967 bits per heavy atom. The summed E-state index contributed by atoms with van der Waals surface area (Å²) >= 11 is 0. The second-order valence-electron chi connectivity index (χ2n) is 7.75. The van der Waals surface area contributed by atoms with Gasteiger partial charge in [0.1, 0.15) is 6.61 Å². The lowest BCUT2D eigenvalue weighted by Gasteiger charge is -2.14. The van der Waals surface area contributed by atoms with Crippen molar-refractivity contribution >= 4 is 18.0 Å². The third-order valence-corrected chi connectivity index (χ3v) is 5.77. The molecule has 0 saturated heterocycles. The highest BCUT2D eigenvalue weighted by atomic mass is 16.5. The number of hydrogen-bond donors (Lipinski definition) is 3.